The first kappa shape index (κ1) is 13.3. The molecule has 1 N–H and O–H groups in total. The van der Waals surface area contributed by atoms with Crippen molar-refractivity contribution in [2.24, 2.45) is 4.99 Å². The molecule has 0 fully saturated rings. The van der Waals surface area contributed by atoms with Crippen molar-refractivity contribution < 1.29 is 18.3 Å². The number of carboxylic acid groups (broad SMARTS) is 1. The number of halogens is 1. The van der Waals surface area contributed by atoms with Crippen molar-refractivity contribution in [1.82, 2.24) is 4.90 Å². The number of aliphatic imine (C=N–C) groups is 1. The van der Waals surface area contributed by atoms with E-state index >= 15 is 0 Å². The quantitative estimate of drug-likeness (QED) is 0.798. The van der Waals surface area contributed by atoms with Crippen LogP contribution in [0.3, 0.4) is 0 Å². The molecule has 0 saturated heterocycles. The van der Waals surface area contributed by atoms with Crippen LogP contribution in [0.5, 0.6) is 0 Å². The van der Waals surface area contributed by atoms with Gasteiger partial charge in [-0.05, 0) is 17.0 Å². The van der Waals surface area contributed by atoms with E-state index < -0.39 is 15.8 Å². The van der Waals surface area contributed by atoms with Gasteiger partial charge in [0.1, 0.15) is 10.6 Å². The third-order valence-electron chi connectivity index (χ3n) is 3.17. The number of carbonyl (C=O) groups is 1. The summed E-state index contributed by atoms with van der Waals surface area (Å²) >= 11 is 5.91. The van der Waals surface area contributed by atoms with Crippen LogP contribution in [0, 0.1) is 0 Å². The second-order valence-electron chi connectivity index (χ2n) is 4.47. The molecule has 103 valence electrons. The van der Waals surface area contributed by atoms with E-state index in [2.05, 4.69) is 4.99 Å². The molecule has 3 rings (SSSR count). The number of sulfone groups is 1. The Labute approximate surface area is 119 Å². The number of benzene rings is 1. The van der Waals surface area contributed by atoms with Crippen LogP contribution in [0.25, 0.3) is 0 Å². The maximum absolute atomic E-state index is 12.3. The largest absolute Gasteiger partial charge is 0.476 e. The van der Waals surface area contributed by atoms with Gasteiger partial charge in [-0.2, -0.15) is 4.99 Å². The number of anilines is 1. The van der Waals surface area contributed by atoms with E-state index in [0.29, 0.717) is 16.5 Å². The van der Waals surface area contributed by atoms with E-state index in [4.69, 9.17) is 16.7 Å². The molecule has 1 aromatic carbocycles. The number of carboxylic acids is 1. The van der Waals surface area contributed by atoms with Crippen LogP contribution in [0.2, 0.25) is 5.02 Å². The van der Waals surface area contributed by atoms with Gasteiger partial charge in [-0.15, -0.1) is 0 Å². The van der Waals surface area contributed by atoms with E-state index in [1.54, 1.807) is 6.92 Å². The van der Waals surface area contributed by atoms with Gasteiger partial charge in [-0.25, -0.2) is 13.2 Å². The van der Waals surface area contributed by atoms with Crippen molar-refractivity contribution in [1.29, 1.82) is 0 Å². The van der Waals surface area contributed by atoms with Gasteiger partial charge < -0.3 is 5.11 Å². The molecule has 8 heteroatoms. The highest BCUT2D eigenvalue weighted by Crippen LogP contribution is 2.40. The number of hydrogen-bond donors (Lipinski definition) is 1. The zero-order chi connectivity index (χ0) is 14.7. The van der Waals surface area contributed by atoms with Gasteiger partial charge in [-0.3, -0.25) is 0 Å². The Morgan fingerprint density at radius 3 is 2.80 bits per heavy atom. The molecule has 0 aromatic heterocycles. The van der Waals surface area contributed by atoms with Gasteiger partial charge in [0.2, 0.25) is 17.1 Å². The predicted molar refractivity (Wildman–Crippen MR) is 73.1 cm³/mol. The summed E-state index contributed by atoms with van der Waals surface area (Å²) in [6.07, 6.45) is 0. The monoisotopic (exact) mass is 312 g/mol. The van der Waals surface area contributed by atoms with E-state index in [9.17, 15) is 13.2 Å². The topological polar surface area (TPSA) is 89.7 Å². The number of nitrogens with zero attached hydrogens (tertiary/aromatic N) is 2. The molecule has 0 bridgehead atoms. The first-order valence-electron chi connectivity index (χ1n) is 5.65. The van der Waals surface area contributed by atoms with Crippen LogP contribution in [0.1, 0.15) is 6.92 Å². The van der Waals surface area contributed by atoms with Crippen molar-refractivity contribution in [2.45, 2.75) is 11.8 Å². The summed E-state index contributed by atoms with van der Waals surface area (Å²) in [5.74, 6) is -1.22. The Morgan fingerprint density at radius 2 is 2.15 bits per heavy atom. The molecule has 0 unspecified atom stereocenters. The lowest BCUT2D eigenvalue weighted by molar-refractivity contribution is -0.132. The summed E-state index contributed by atoms with van der Waals surface area (Å²) in [6, 6.07) is 4.42. The highest BCUT2D eigenvalue weighted by atomic mass is 35.5. The Balaban J connectivity index is 2.34. The Bertz CT molecular complexity index is 811. The zero-order valence-electron chi connectivity index (χ0n) is 10.3. The van der Waals surface area contributed by atoms with Crippen LogP contribution in [0.4, 0.5) is 5.69 Å². The molecule has 1 radical (unpaired) electrons. The van der Waals surface area contributed by atoms with Crippen molar-refractivity contribution >= 4 is 38.9 Å². The molecule has 2 heterocycles. The molecule has 0 amide bonds. The summed E-state index contributed by atoms with van der Waals surface area (Å²) in [4.78, 5) is 16.8. The zero-order valence-corrected chi connectivity index (χ0v) is 11.9. The first-order valence-corrected chi connectivity index (χ1v) is 7.68. The molecular formula is C12H9ClN2O4S+. The Morgan fingerprint density at radius 1 is 1.45 bits per heavy atom. The lowest BCUT2D eigenvalue weighted by Crippen LogP contribution is -2.35. The Kier molecular flexibility index (Phi) is 2.75. The molecule has 1 aromatic rings. The number of amidine groups is 1. The van der Waals surface area contributed by atoms with E-state index in [0.717, 1.165) is 0 Å². The Hall–Kier alpha value is -1.70. The van der Waals surface area contributed by atoms with Crippen molar-refractivity contribution in [3.8, 4) is 0 Å². The fourth-order valence-corrected chi connectivity index (χ4v) is 4.08. The van der Waals surface area contributed by atoms with Gasteiger partial charge in [0.25, 0.3) is 5.84 Å². The SMILES string of the molecule is CC1=NC(C(=O)O)=C2CS(=O)(=O)c3ccc(Cl)cc3[N+]12. The molecule has 0 aliphatic carbocycles. The summed E-state index contributed by atoms with van der Waals surface area (Å²) in [5, 5.41) is 9.50. The van der Waals surface area contributed by atoms with E-state index in [-0.39, 0.29) is 22.0 Å². The lowest BCUT2D eigenvalue weighted by Gasteiger charge is -2.17. The number of fused-ring (bicyclic) bond motifs is 3. The van der Waals surface area contributed by atoms with Gasteiger partial charge >= 0.3 is 5.97 Å². The van der Waals surface area contributed by atoms with Gasteiger partial charge in [0, 0.05) is 18.0 Å². The predicted octanol–water partition coefficient (Wildman–Crippen LogP) is 1.63. The third kappa shape index (κ3) is 1.78. The molecule has 2 aliphatic rings. The van der Waals surface area contributed by atoms with Crippen molar-refractivity contribution in [3.63, 3.8) is 0 Å². The molecule has 6 nitrogen and oxygen atoms in total. The standard InChI is InChI=1S/C12H9ClN2O4S/c1-6-14-11(12(16)17)9-5-20(18,19)10-3-2-7(13)4-8(10)15(6)9/h2-4H,5H2,1H3,(H,16,17)/q+1. The highest BCUT2D eigenvalue weighted by molar-refractivity contribution is 7.91. The van der Waals surface area contributed by atoms with Crippen LogP contribution in [-0.4, -0.2) is 31.1 Å². The van der Waals surface area contributed by atoms with Gasteiger partial charge in [0.15, 0.2) is 9.84 Å². The minimum absolute atomic E-state index is 0.131. The average molecular weight is 313 g/mol. The molecule has 0 atom stereocenters. The van der Waals surface area contributed by atoms with Crippen LogP contribution < -0.4 is 4.90 Å². The van der Waals surface area contributed by atoms with Crippen molar-refractivity contribution in [2.75, 3.05) is 5.75 Å². The maximum Gasteiger partial charge on any atom is 0.360 e. The summed E-state index contributed by atoms with van der Waals surface area (Å²) in [6.45, 7) is 1.62. The second kappa shape index (κ2) is 4.15. The number of hydrogen-bond acceptors (Lipinski definition) is 5. The average Bonchev–Trinajstić information content (AvgIpc) is 2.65. The molecule has 2 aliphatic heterocycles. The molecule has 0 spiro atoms. The van der Waals surface area contributed by atoms with Crippen LogP contribution >= 0.6 is 11.6 Å². The molecular weight excluding hydrogens is 304 g/mol. The third-order valence-corrected chi connectivity index (χ3v) is 5.07. The molecule has 20 heavy (non-hydrogen) atoms. The van der Waals surface area contributed by atoms with Crippen LogP contribution in [-0.2, 0) is 14.6 Å². The first-order chi connectivity index (χ1) is 9.31. The summed E-state index contributed by atoms with van der Waals surface area (Å²) in [5.41, 5.74) is 0.262. The number of aliphatic carboxylic acids is 1. The fourth-order valence-electron chi connectivity index (χ4n) is 2.39. The van der Waals surface area contributed by atoms with Gasteiger partial charge in [-0.1, -0.05) is 11.6 Å². The van der Waals surface area contributed by atoms with E-state index in [1.165, 1.54) is 23.1 Å². The summed E-state index contributed by atoms with van der Waals surface area (Å²) in [7, 11) is -3.60. The highest BCUT2D eigenvalue weighted by Gasteiger charge is 2.49. The van der Waals surface area contributed by atoms with Crippen molar-refractivity contribution in [3.05, 3.63) is 34.6 Å². The summed E-state index contributed by atoms with van der Waals surface area (Å²) < 4.78 is 24.5. The molecule has 0 saturated carbocycles. The van der Waals surface area contributed by atoms with E-state index in [1.807, 2.05) is 0 Å². The second-order valence-corrected chi connectivity index (χ2v) is 6.86. The fraction of sp³-hybridized carbons (Fsp3) is 0.167. The van der Waals surface area contributed by atoms with Crippen LogP contribution in [0.15, 0.2) is 39.5 Å². The smallest absolute Gasteiger partial charge is 0.360 e. The maximum atomic E-state index is 12.3. The van der Waals surface area contributed by atoms with Gasteiger partial charge in [0.05, 0.1) is 0 Å². The minimum Gasteiger partial charge on any atom is -0.476 e. The lowest BCUT2D eigenvalue weighted by atomic mass is 10.2. The normalized spacial score (nSPS) is 20.4. The number of rotatable bonds is 1. The minimum atomic E-state index is -3.60.